The Balaban J connectivity index is 4.01. The van der Waals surface area contributed by atoms with Gasteiger partial charge in [0.25, 0.3) is 0 Å². The highest BCUT2D eigenvalue weighted by Crippen LogP contribution is 2.17. The normalized spacial score (nSPS) is 12.6. The second-order valence-corrected chi connectivity index (χ2v) is 22.7. The van der Waals surface area contributed by atoms with E-state index >= 15 is 0 Å². The number of carbonyl (C=O) groups excluding carboxylic acids is 3. The standard InChI is InChI=1S/C73H128O6/c1-4-7-10-13-16-18-20-22-24-26-28-29-30-31-32-33-34-35-36-37-38-39-40-41-42-43-45-46-48-50-52-54-57-60-63-66-72(75)78-69-70(68-77-71(74)65-62-59-56-15-12-9-6-3)79-73(76)67-64-61-58-55-53-51-49-47-44-27-25-23-21-19-17-14-11-8-5-2/h7,10,16,18,22-25,28-29,31-32,34-35,70H,4-6,8-9,11-15,17,19-21,26-27,30,33,36-69H2,1-3H3/b10-7-,18-16-,24-22-,25-23-,29-28-,32-31-,35-34-. The summed E-state index contributed by atoms with van der Waals surface area (Å²) in [5, 5.41) is 0. The first-order chi connectivity index (χ1) is 39.0. The molecule has 0 fully saturated rings. The summed E-state index contributed by atoms with van der Waals surface area (Å²) in [5.41, 5.74) is 0. The van der Waals surface area contributed by atoms with Crippen molar-refractivity contribution in [1.82, 2.24) is 0 Å². The molecular weight excluding hydrogens is 973 g/mol. The number of esters is 3. The van der Waals surface area contributed by atoms with Gasteiger partial charge < -0.3 is 14.2 Å². The Kier molecular flexibility index (Phi) is 64.2. The van der Waals surface area contributed by atoms with Crippen LogP contribution in [0.2, 0.25) is 0 Å². The van der Waals surface area contributed by atoms with Crippen LogP contribution in [0.25, 0.3) is 0 Å². The van der Waals surface area contributed by atoms with Crippen molar-refractivity contribution in [3.63, 3.8) is 0 Å². The van der Waals surface area contributed by atoms with Gasteiger partial charge in [-0.05, 0) is 96.3 Å². The fourth-order valence-corrected chi connectivity index (χ4v) is 9.80. The molecule has 0 aliphatic rings. The molecule has 0 bridgehead atoms. The minimum absolute atomic E-state index is 0.0723. The van der Waals surface area contributed by atoms with Gasteiger partial charge in [0.2, 0.25) is 0 Å². The zero-order chi connectivity index (χ0) is 57.1. The zero-order valence-corrected chi connectivity index (χ0v) is 52.4. The van der Waals surface area contributed by atoms with Gasteiger partial charge in [0.05, 0.1) is 0 Å². The summed E-state index contributed by atoms with van der Waals surface area (Å²) in [6, 6.07) is 0. The quantitative estimate of drug-likeness (QED) is 0.0261. The molecule has 0 N–H and O–H groups in total. The molecule has 0 radical (unpaired) electrons. The molecule has 0 aliphatic carbocycles. The lowest BCUT2D eigenvalue weighted by atomic mass is 10.0. The Morgan fingerprint density at radius 2 is 0.494 bits per heavy atom. The van der Waals surface area contributed by atoms with Crippen LogP contribution < -0.4 is 0 Å². The fourth-order valence-electron chi connectivity index (χ4n) is 9.80. The molecule has 0 amide bonds. The van der Waals surface area contributed by atoms with Gasteiger partial charge in [-0.25, -0.2) is 0 Å². The van der Waals surface area contributed by atoms with Crippen molar-refractivity contribution in [3.8, 4) is 0 Å². The highest BCUT2D eigenvalue weighted by atomic mass is 16.6. The lowest BCUT2D eigenvalue weighted by Crippen LogP contribution is -2.30. The summed E-state index contributed by atoms with van der Waals surface area (Å²) < 4.78 is 16.9. The summed E-state index contributed by atoms with van der Waals surface area (Å²) in [6.07, 6.45) is 89.2. The van der Waals surface area contributed by atoms with E-state index in [0.717, 1.165) is 96.3 Å². The van der Waals surface area contributed by atoms with E-state index in [1.165, 1.54) is 205 Å². The summed E-state index contributed by atoms with van der Waals surface area (Å²) >= 11 is 0. The van der Waals surface area contributed by atoms with Gasteiger partial charge in [0.15, 0.2) is 6.10 Å². The Hall–Kier alpha value is -3.41. The molecule has 1 unspecified atom stereocenters. The lowest BCUT2D eigenvalue weighted by Gasteiger charge is -2.18. The number of hydrogen-bond donors (Lipinski definition) is 0. The van der Waals surface area contributed by atoms with Crippen LogP contribution in [0, 0.1) is 0 Å². The number of hydrogen-bond acceptors (Lipinski definition) is 6. The van der Waals surface area contributed by atoms with Crippen LogP contribution >= 0.6 is 0 Å². The second kappa shape index (κ2) is 67.1. The fraction of sp³-hybridized carbons (Fsp3) is 0.767. The number of allylic oxidation sites excluding steroid dienone is 14. The lowest BCUT2D eigenvalue weighted by molar-refractivity contribution is -0.167. The van der Waals surface area contributed by atoms with Crippen LogP contribution in [0.4, 0.5) is 0 Å². The van der Waals surface area contributed by atoms with E-state index in [4.69, 9.17) is 14.2 Å². The molecule has 456 valence electrons. The van der Waals surface area contributed by atoms with Crippen molar-refractivity contribution >= 4 is 17.9 Å². The minimum atomic E-state index is -0.772. The van der Waals surface area contributed by atoms with Gasteiger partial charge in [-0.2, -0.15) is 0 Å². The molecule has 0 aromatic rings. The maximum Gasteiger partial charge on any atom is 0.306 e. The molecule has 0 aromatic carbocycles. The highest BCUT2D eigenvalue weighted by Gasteiger charge is 2.19. The molecule has 0 heterocycles. The molecule has 0 aromatic heterocycles. The van der Waals surface area contributed by atoms with Crippen LogP contribution in [-0.2, 0) is 28.6 Å². The Morgan fingerprint density at radius 3 is 0.785 bits per heavy atom. The first kappa shape index (κ1) is 75.6. The topological polar surface area (TPSA) is 78.9 Å². The van der Waals surface area contributed by atoms with E-state index in [2.05, 4.69) is 106 Å². The first-order valence-electron chi connectivity index (χ1n) is 34.1. The number of ether oxygens (including phenoxy) is 3. The van der Waals surface area contributed by atoms with Crippen LogP contribution in [-0.4, -0.2) is 37.2 Å². The van der Waals surface area contributed by atoms with E-state index in [-0.39, 0.29) is 31.1 Å². The van der Waals surface area contributed by atoms with Gasteiger partial charge in [-0.15, -0.1) is 0 Å². The predicted octanol–water partition coefficient (Wildman–Crippen LogP) is 23.4. The third kappa shape index (κ3) is 65.3. The molecule has 0 spiro atoms. The summed E-state index contributed by atoms with van der Waals surface area (Å²) in [7, 11) is 0. The predicted molar refractivity (Wildman–Crippen MR) is 344 cm³/mol. The van der Waals surface area contributed by atoms with Gasteiger partial charge in [-0.3, -0.25) is 14.4 Å². The van der Waals surface area contributed by atoms with Crippen molar-refractivity contribution in [2.75, 3.05) is 13.2 Å². The van der Waals surface area contributed by atoms with Crippen molar-refractivity contribution in [2.45, 2.75) is 348 Å². The maximum atomic E-state index is 12.9. The van der Waals surface area contributed by atoms with Gasteiger partial charge in [0, 0.05) is 19.3 Å². The zero-order valence-electron chi connectivity index (χ0n) is 52.4. The second-order valence-electron chi connectivity index (χ2n) is 22.7. The Labute approximate surface area is 490 Å². The van der Waals surface area contributed by atoms with Crippen molar-refractivity contribution < 1.29 is 28.6 Å². The van der Waals surface area contributed by atoms with Crippen molar-refractivity contribution in [3.05, 3.63) is 85.1 Å². The molecule has 0 rings (SSSR count). The molecule has 0 aliphatic heterocycles. The van der Waals surface area contributed by atoms with E-state index in [1.807, 2.05) is 0 Å². The summed E-state index contributed by atoms with van der Waals surface area (Å²) in [5.74, 6) is -0.865. The van der Waals surface area contributed by atoms with E-state index < -0.39 is 6.10 Å². The number of carbonyl (C=O) groups is 3. The van der Waals surface area contributed by atoms with E-state index in [0.29, 0.717) is 19.3 Å². The molecule has 6 heteroatoms. The van der Waals surface area contributed by atoms with Crippen LogP contribution in [0.5, 0.6) is 0 Å². The minimum Gasteiger partial charge on any atom is -0.462 e. The van der Waals surface area contributed by atoms with Gasteiger partial charge >= 0.3 is 17.9 Å². The van der Waals surface area contributed by atoms with Gasteiger partial charge in [0.1, 0.15) is 13.2 Å². The molecule has 1 atom stereocenters. The highest BCUT2D eigenvalue weighted by molar-refractivity contribution is 5.71. The molecule has 0 saturated heterocycles. The number of unbranched alkanes of at least 4 members (excludes halogenated alkanes) is 37. The Morgan fingerprint density at radius 1 is 0.266 bits per heavy atom. The average molecular weight is 1100 g/mol. The third-order valence-corrected chi connectivity index (χ3v) is 14.9. The van der Waals surface area contributed by atoms with E-state index in [1.54, 1.807) is 0 Å². The van der Waals surface area contributed by atoms with Crippen molar-refractivity contribution in [1.29, 1.82) is 0 Å². The molecule has 0 saturated carbocycles. The van der Waals surface area contributed by atoms with E-state index in [9.17, 15) is 14.4 Å². The number of rotatable bonds is 62. The maximum absolute atomic E-state index is 12.9. The monoisotopic (exact) mass is 1100 g/mol. The summed E-state index contributed by atoms with van der Waals surface area (Å²) in [6.45, 7) is 6.52. The third-order valence-electron chi connectivity index (χ3n) is 14.9. The smallest absolute Gasteiger partial charge is 0.306 e. The molecular formula is C73H128O6. The summed E-state index contributed by atoms with van der Waals surface area (Å²) in [4.78, 5) is 38.1. The largest absolute Gasteiger partial charge is 0.462 e. The average Bonchev–Trinajstić information content (AvgIpc) is 3.45. The van der Waals surface area contributed by atoms with Crippen LogP contribution in [0.1, 0.15) is 342 Å². The Bertz CT molecular complexity index is 1500. The first-order valence-corrected chi connectivity index (χ1v) is 34.1. The molecule has 79 heavy (non-hydrogen) atoms. The van der Waals surface area contributed by atoms with Crippen molar-refractivity contribution in [2.24, 2.45) is 0 Å². The van der Waals surface area contributed by atoms with Crippen LogP contribution in [0.15, 0.2) is 85.1 Å². The SMILES string of the molecule is CC/C=C\C/C=C\C/C=C\C/C=C\C/C=C\C/C=C\CCCCCCCCCCCCCCCCCCC(=O)OCC(COC(=O)CCCCCCCCC)OC(=O)CCCCCCCCCCC/C=C\CCCCCCCC. The molecule has 6 nitrogen and oxygen atoms in total. The van der Waals surface area contributed by atoms with Gasteiger partial charge in [-0.1, -0.05) is 311 Å². The van der Waals surface area contributed by atoms with Crippen LogP contribution in [0.3, 0.4) is 0 Å².